The maximum Gasteiger partial charge on any atom is 0.245 e. The summed E-state index contributed by atoms with van der Waals surface area (Å²) >= 11 is 0. The monoisotopic (exact) mass is 300 g/mol. The van der Waals surface area contributed by atoms with E-state index in [1.54, 1.807) is 0 Å². The van der Waals surface area contributed by atoms with Crippen molar-refractivity contribution in [3.63, 3.8) is 0 Å². The molecule has 0 radical (unpaired) electrons. The molecule has 2 aliphatic rings. The van der Waals surface area contributed by atoms with Crippen molar-refractivity contribution in [1.29, 1.82) is 0 Å². The molecule has 0 aromatic rings. The van der Waals surface area contributed by atoms with Crippen LogP contribution in [0.4, 0.5) is 0 Å². The van der Waals surface area contributed by atoms with Gasteiger partial charge in [-0.2, -0.15) is 0 Å². The predicted molar refractivity (Wildman–Crippen MR) is 74.4 cm³/mol. The smallest absolute Gasteiger partial charge is 0.245 e. The molecule has 112 valence electrons. The molecule has 0 saturated carbocycles. The molecule has 2 unspecified atom stereocenters. The molecule has 7 heteroatoms. The number of nitrogens with zero attached hydrogens (tertiary/aromatic N) is 1. The van der Waals surface area contributed by atoms with Crippen LogP contribution in [-0.4, -0.2) is 49.5 Å². The summed E-state index contributed by atoms with van der Waals surface area (Å²) in [5, 5.41) is 3.89. The summed E-state index contributed by atoms with van der Waals surface area (Å²) in [5.41, 5.74) is 0. The van der Waals surface area contributed by atoms with E-state index in [1.807, 2.05) is 13.8 Å². The molecule has 0 spiro atoms. The zero-order chi connectivity index (χ0) is 14.9. The Bertz CT molecular complexity index is 539. The maximum atomic E-state index is 12.5. The van der Waals surface area contributed by atoms with Gasteiger partial charge >= 0.3 is 0 Å². The highest BCUT2D eigenvalue weighted by atomic mass is 32.2. The molecule has 0 aromatic carbocycles. The highest BCUT2D eigenvalue weighted by Crippen LogP contribution is 2.19. The molecule has 1 saturated heterocycles. The van der Waals surface area contributed by atoms with E-state index in [9.17, 15) is 18.0 Å². The standard InChI is InChI=1S/C13H20N2O4S/c1-9(2)7-11-13(17)15(5-3-12(16)14-11)10-4-6-20(18,19)8-10/h4,6,9-11H,3,5,7-8H2,1-2H3,(H,14,16). The molecular formula is C13H20N2O4S. The fourth-order valence-corrected chi connectivity index (χ4v) is 3.87. The Morgan fingerprint density at radius 3 is 2.65 bits per heavy atom. The van der Waals surface area contributed by atoms with Crippen LogP contribution in [0.15, 0.2) is 11.5 Å². The zero-order valence-electron chi connectivity index (χ0n) is 11.7. The molecule has 2 amide bonds. The van der Waals surface area contributed by atoms with Gasteiger partial charge in [0.05, 0.1) is 11.8 Å². The molecule has 0 bridgehead atoms. The first-order chi connectivity index (χ1) is 9.28. The van der Waals surface area contributed by atoms with Gasteiger partial charge in [-0.15, -0.1) is 0 Å². The van der Waals surface area contributed by atoms with Crippen molar-refractivity contribution in [3.8, 4) is 0 Å². The van der Waals surface area contributed by atoms with Gasteiger partial charge in [0.25, 0.3) is 0 Å². The second kappa shape index (κ2) is 5.55. The Balaban J connectivity index is 2.18. The summed E-state index contributed by atoms with van der Waals surface area (Å²) in [4.78, 5) is 25.7. The minimum absolute atomic E-state index is 0.0820. The molecule has 0 aliphatic carbocycles. The van der Waals surface area contributed by atoms with Crippen molar-refractivity contribution in [3.05, 3.63) is 11.5 Å². The van der Waals surface area contributed by atoms with E-state index in [0.29, 0.717) is 6.42 Å². The lowest BCUT2D eigenvalue weighted by atomic mass is 10.0. The number of rotatable bonds is 3. The van der Waals surface area contributed by atoms with Crippen LogP contribution in [0.25, 0.3) is 0 Å². The third-order valence-electron chi connectivity index (χ3n) is 3.51. The Morgan fingerprint density at radius 1 is 1.40 bits per heavy atom. The van der Waals surface area contributed by atoms with Gasteiger partial charge in [0.15, 0.2) is 9.84 Å². The van der Waals surface area contributed by atoms with Crippen molar-refractivity contribution >= 4 is 21.7 Å². The van der Waals surface area contributed by atoms with Crippen LogP contribution in [0.3, 0.4) is 0 Å². The Kier molecular flexibility index (Phi) is 4.17. The molecule has 6 nitrogen and oxygen atoms in total. The van der Waals surface area contributed by atoms with E-state index in [2.05, 4.69) is 5.32 Å². The number of hydrogen-bond acceptors (Lipinski definition) is 4. The third kappa shape index (κ3) is 3.39. The van der Waals surface area contributed by atoms with Gasteiger partial charge in [-0.25, -0.2) is 8.42 Å². The summed E-state index contributed by atoms with van der Waals surface area (Å²) in [6, 6.07) is -1.00. The quantitative estimate of drug-likeness (QED) is 0.799. The number of nitrogens with one attached hydrogen (secondary N) is 1. The summed E-state index contributed by atoms with van der Waals surface area (Å²) < 4.78 is 23.0. The Morgan fingerprint density at radius 2 is 2.10 bits per heavy atom. The molecule has 2 heterocycles. The number of amides is 2. The number of carbonyl (C=O) groups excluding carboxylic acids is 2. The minimum atomic E-state index is -3.21. The van der Waals surface area contributed by atoms with Crippen LogP contribution in [0.1, 0.15) is 26.7 Å². The number of sulfone groups is 1. The van der Waals surface area contributed by atoms with E-state index < -0.39 is 21.9 Å². The SMILES string of the molecule is CC(C)CC1NC(=O)CCN(C2C=CS(=O)(=O)C2)C1=O. The second-order valence-corrected chi connectivity index (χ2v) is 7.69. The van der Waals surface area contributed by atoms with Gasteiger partial charge < -0.3 is 10.2 Å². The van der Waals surface area contributed by atoms with Crippen LogP contribution in [0.5, 0.6) is 0 Å². The van der Waals surface area contributed by atoms with Crippen LogP contribution in [-0.2, 0) is 19.4 Å². The summed E-state index contributed by atoms with van der Waals surface area (Å²) in [7, 11) is -3.21. The fraction of sp³-hybridized carbons (Fsp3) is 0.692. The van der Waals surface area contributed by atoms with E-state index in [4.69, 9.17) is 0 Å². The average Bonchev–Trinajstić information content (AvgIpc) is 2.61. The fourth-order valence-electron chi connectivity index (χ4n) is 2.57. The zero-order valence-corrected chi connectivity index (χ0v) is 12.5. The largest absolute Gasteiger partial charge is 0.344 e. The first-order valence-electron chi connectivity index (χ1n) is 6.79. The maximum absolute atomic E-state index is 12.5. The van der Waals surface area contributed by atoms with Crippen molar-refractivity contribution in [2.45, 2.75) is 38.8 Å². The molecule has 1 N–H and O–H groups in total. The topological polar surface area (TPSA) is 83.6 Å². The second-order valence-electron chi connectivity index (χ2n) is 5.76. The van der Waals surface area contributed by atoms with Crippen LogP contribution in [0, 0.1) is 5.92 Å². The molecule has 1 fully saturated rings. The van der Waals surface area contributed by atoms with Gasteiger partial charge in [0.1, 0.15) is 6.04 Å². The van der Waals surface area contributed by atoms with Crippen molar-refractivity contribution in [1.82, 2.24) is 10.2 Å². The number of hydrogen-bond donors (Lipinski definition) is 1. The lowest BCUT2D eigenvalue weighted by Gasteiger charge is -2.28. The van der Waals surface area contributed by atoms with Crippen LogP contribution in [0.2, 0.25) is 0 Å². The van der Waals surface area contributed by atoms with Gasteiger partial charge in [-0.3, -0.25) is 9.59 Å². The average molecular weight is 300 g/mol. The first kappa shape index (κ1) is 15.0. The highest BCUT2D eigenvalue weighted by Gasteiger charge is 2.36. The molecule has 20 heavy (non-hydrogen) atoms. The predicted octanol–water partition coefficient (Wildman–Crippen LogP) is 0.0603. The molecule has 2 atom stereocenters. The first-order valence-corrected chi connectivity index (χ1v) is 8.51. The normalized spacial score (nSPS) is 29.6. The summed E-state index contributed by atoms with van der Waals surface area (Å²) in [6.45, 7) is 4.23. The number of carbonyl (C=O) groups is 2. The molecule has 0 aromatic heterocycles. The minimum Gasteiger partial charge on any atom is -0.344 e. The van der Waals surface area contributed by atoms with Crippen molar-refractivity contribution in [2.75, 3.05) is 12.3 Å². The van der Waals surface area contributed by atoms with Crippen LogP contribution >= 0.6 is 0 Å². The van der Waals surface area contributed by atoms with Gasteiger partial charge in [0, 0.05) is 18.4 Å². The molecular weight excluding hydrogens is 280 g/mol. The van der Waals surface area contributed by atoms with E-state index in [1.165, 1.54) is 11.0 Å². The van der Waals surface area contributed by atoms with Crippen molar-refractivity contribution in [2.24, 2.45) is 5.92 Å². The lowest BCUT2D eigenvalue weighted by molar-refractivity contribution is -0.134. The van der Waals surface area contributed by atoms with Gasteiger partial charge in [-0.1, -0.05) is 13.8 Å². The Labute approximate surface area is 119 Å². The van der Waals surface area contributed by atoms with Gasteiger partial charge in [-0.05, 0) is 18.4 Å². The van der Waals surface area contributed by atoms with E-state index >= 15 is 0 Å². The van der Waals surface area contributed by atoms with E-state index in [-0.39, 0.29) is 36.5 Å². The highest BCUT2D eigenvalue weighted by molar-refractivity contribution is 7.94. The Hall–Kier alpha value is -1.37. The van der Waals surface area contributed by atoms with Gasteiger partial charge in [0.2, 0.25) is 11.8 Å². The third-order valence-corrected chi connectivity index (χ3v) is 4.89. The summed E-state index contributed by atoms with van der Waals surface area (Å²) in [5.74, 6) is -0.152. The lowest BCUT2D eigenvalue weighted by Crippen LogP contribution is -2.49. The summed E-state index contributed by atoms with van der Waals surface area (Å²) in [6.07, 6.45) is 2.31. The van der Waals surface area contributed by atoms with E-state index in [0.717, 1.165) is 5.41 Å². The van der Waals surface area contributed by atoms with Crippen LogP contribution < -0.4 is 5.32 Å². The molecule has 2 rings (SSSR count). The van der Waals surface area contributed by atoms with Crippen molar-refractivity contribution < 1.29 is 18.0 Å². The molecule has 2 aliphatic heterocycles.